The van der Waals surface area contributed by atoms with E-state index < -0.39 is 29.5 Å². The number of ketones is 1. The molecule has 1 aliphatic rings. The van der Waals surface area contributed by atoms with Crippen LogP contribution in [0.15, 0.2) is 72.3 Å². The van der Waals surface area contributed by atoms with Gasteiger partial charge in [0.25, 0.3) is 11.7 Å². The molecule has 4 rings (SSSR count). The lowest BCUT2D eigenvalue weighted by Crippen LogP contribution is -2.29. The van der Waals surface area contributed by atoms with Crippen molar-refractivity contribution >= 4 is 34.8 Å². The summed E-state index contributed by atoms with van der Waals surface area (Å²) >= 11 is 0. The summed E-state index contributed by atoms with van der Waals surface area (Å²) in [6.07, 6.45) is 0. The Balaban J connectivity index is 1.96. The van der Waals surface area contributed by atoms with Gasteiger partial charge in [0.15, 0.2) is 0 Å². The molecule has 38 heavy (non-hydrogen) atoms. The van der Waals surface area contributed by atoms with Gasteiger partial charge in [-0.1, -0.05) is 18.2 Å². The molecule has 1 amide bonds. The van der Waals surface area contributed by atoms with Crippen LogP contribution in [0.3, 0.4) is 0 Å². The lowest BCUT2D eigenvalue weighted by Gasteiger charge is -2.26. The Morgan fingerprint density at radius 3 is 2.24 bits per heavy atom. The number of aliphatic hydroxyl groups excluding tert-OH is 1. The fourth-order valence-electron chi connectivity index (χ4n) is 4.41. The molecule has 0 saturated carbocycles. The molecule has 3 aromatic carbocycles. The van der Waals surface area contributed by atoms with Crippen molar-refractivity contribution in [2.75, 3.05) is 45.2 Å². The van der Waals surface area contributed by atoms with Crippen molar-refractivity contribution in [1.82, 2.24) is 0 Å². The first-order chi connectivity index (χ1) is 18.2. The number of anilines is 2. The maximum atomic E-state index is 13.5. The maximum absolute atomic E-state index is 13.5. The van der Waals surface area contributed by atoms with Crippen LogP contribution < -0.4 is 19.3 Å². The van der Waals surface area contributed by atoms with E-state index in [0.29, 0.717) is 17.0 Å². The number of ether oxygens (including phenoxy) is 3. The molecule has 1 unspecified atom stereocenters. The molecule has 9 heteroatoms. The van der Waals surface area contributed by atoms with Gasteiger partial charge in [-0.15, -0.1) is 0 Å². The van der Waals surface area contributed by atoms with Crippen molar-refractivity contribution in [2.45, 2.75) is 6.04 Å². The summed E-state index contributed by atoms with van der Waals surface area (Å²) < 4.78 is 15.5. The molecule has 196 valence electrons. The standard InChI is InChI=1S/C29H28N2O7/c1-30(2)19-11-9-17(10-12-19)25-24(26(32)22-14-13-21(36-3)16-23(22)37-4)27(33)28(34)31(25)20-8-6-7-18(15-20)29(35)38-5/h6-16,25,32H,1-5H3/b26-24-. The van der Waals surface area contributed by atoms with Gasteiger partial charge in [0, 0.05) is 31.5 Å². The number of hydrogen-bond acceptors (Lipinski definition) is 8. The fraction of sp³-hybridized carbons (Fsp3) is 0.207. The lowest BCUT2D eigenvalue weighted by atomic mass is 9.94. The number of carbonyl (C=O) groups excluding carboxylic acids is 3. The Morgan fingerprint density at radius 1 is 0.921 bits per heavy atom. The highest BCUT2D eigenvalue weighted by molar-refractivity contribution is 6.51. The molecule has 0 spiro atoms. The minimum absolute atomic E-state index is 0.112. The van der Waals surface area contributed by atoms with Crippen LogP contribution in [0, 0.1) is 0 Å². The van der Waals surface area contributed by atoms with Gasteiger partial charge < -0.3 is 24.2 Å². The van der Waals surface area contributed by atoms with E-state index in [2.05, 4.69) is 0 Å². The first-order valence-electron chi connectivity index (χ1n) is 11.7. The average molecular weight is 517 g/mol. The highest BCUT2D eigenvalue weighted by Gasteiger charge is 2.47. The van der Waals surface area contributed by atoms with Gasteiger partial charge in [-0.2, -0.15) is 0 Å². The molecule has 1 aliphatic heterocycles. The maximum Gasteiger partial charge on any atom is 0.337 e. The summed E-state index contributed by atoms with van der Waals surface area (Å²) in [7, 11) is 7.99. The summed E-state index contributed by atoms with van der Waals surface area (Å²) in [6.45, 7) is 0. The number of Topliss-reactive ketones (excluding diaryl/α,β-unsaturated/α-hetero) is 1. The summed E-state index contributed by atoms with van der Waals surface area (Å²) in [6, 6.07) is 17.3. The minimum atomic E-state index is -0.981. The topological polar surface area (TPSA) is 106 Å². The third-order valence-corrected chi connectivity index (χ3v) is 6.38. The van der Waals surface area contributed by atoms with Crippen molar-refractivity contribution in [3.05, 3.63) is 89.0 Å². The smallest absolute Gasteiger partial charge is 0.337 e. The molecule has 0 bridgehead atoms. The predicted octanol–water partition coefficient (Wildman–Crippen LogP) is 4.18. The van der Waals surface area contributed by atoms with Crippen LogP contribution in [-0.4, -0.2) is 58.2 Å². The molecular formula is C29H28N2O7. The van der Waals surface area contributed by atoms with E-state index in [1.54, 1.807) is 48.5 Å². The molecule has 0 aliphatic carbocycles. The van der Waals surface area contributed by atoms with Gasteiger partial charge in [0.2, 0.25) is 0 Å². The SMILES string of the molecule is COC(=O)c1cccc(N2C(=O)C(=O)/C(=C(\O)c3ccc(OC)cc3OC)C2c2ccc(N(C)C)cc2)c1. The summed E-state index contributed by atoms with van der Waals surface area (Å²) in [5.74, 6) is -1.93. The molecule has 1 N–H and O–H groups in total. The normalized spacial score (nSPS) is 16.3. The van der Waals surface area contributed by atoms with Gasteiger partial charge in [0.1, 0.15) is 17.3 Å². The van der Waals surface area contributed by atoms with E-state index in [1.807, 2.05) is 31.1 Å². The van der Waals surface area contributed by atoms with Gasteiger partial charge >= 0.3 is 5.97 Å². The van der Waals surface area contributed by atoms with Crippen molar-refractivity contribution in [3.8, 4) is 11.5 Å². The van der Waals surface area contributed by atoms with Crippen LogP contribution in [0.5, 0.6) is 11.5 Å². The van der Waals surface area contributed by atoms with Crippen LogP contribution >= 0.6 is 0 Å². The molecule has 1 fully saturated rings. The third-order valence-electron chi connectivity index (χ3n) is 6.38. The molecule has 1 saturated heterocycles. The van der Waals surface area contributed by atoms with Gasteiger partial charge in [-0.3, -0.25) is 14.5 Å². The number of methoxy groups -OCH3 is 3. The van der Waals surface area contributed by atoms with E-state index in [-0.39, 0.29) is 22.4 Å². The number of benzene rings is 3. The monoisotopic (exact) mass is 516 g/mol. The summed E-state index contributed by atoms with van der Waals surface area (Å²) in [4.78, 5) is 42.3. The Morgan fingerprint density at radius 2 is 1.63 bits per heavy atom. The van der Waals surface area contributed by atoms with Crippen LogP contribution in [0.4, 0.5) is 11.4 Å². The Hall–Kier alpha value is -4.79. The molecule has 1 heterocycles. The lowest BCUT2D eigenvalue weighted by molar-refractivity contribution is -0.132. The molecular weight excluding hydrogens is 488 g/mol. The first kappa shape index (κ1) is 26.3. The van der Waals surface area contributed by atoms with Crippen molar-refractivity contribution in [1.29, 1.82) is 0 Å². The summed E-state index contributed by atoms with van der Waals surface area (Å²) in [5.41, 5.74) is 2.13. The zero-order chi connectivity index (χ0) is 27.6. The number of rotatable bonds is 7. The van der Waals surface area contributed by atoms with E-state index in [0.717, 1.165) is 5.69 Å². The quantitative estimate of drug-likeness (QED) is 0.216. The van der Waals surface area contributed by atoms with E-state index in [9.17, 15) is 19.5 Å². The minimum Gasteiger partial charge on any atom is -0.507 e. The van der Waals surface area contributed by atoms with Crippen molar-refractivity contribution in [3.63, 3.8) is 0 Å². The number of hydrogen-bond donors (Lipinski definition) is 1. The number of amides is 1. The van der Waals surface area contributed by atoms with Gasteiger partial charge in [-0.25, -0.2) is 4.79 Å². The van der Waals surface area contributed by atoms with Crippen LogP contribution in [0.25, 0.3) is 5.76 Å². The third kappa shape index (κ3) is 4.66. The Bertz CT molecular complexity index is 1430. The zero-order valence-corrected chi connectivity index (χ0v) is 21.7. The highest BCUT2D eigenvalue weighted by Crippen LogP contribution is 2.44. The number of nitrogens with zero attached hydrogens (tertiary/aromatic N) is 2. The number of carbonyl (C=O) groups is 3. The van der Waals surface area contributed by atoms with Crippen LogP contribution in [-0.2, 0) is 14.3 Å². The van der Waals surface area contributed by atoms with Gasteiger partial charge in [0.05, 0.1) is 44.1 Å². The predicted molar refractivity (Wildman–Crippen MR) is 143 cm³/mol. The highest BCUT2D eigenvalue weighted by atomic mass is 16.5. The van der Waals surface area contributed by atoms with Crippen LogP contribution in [0.1, 0.15) is 27.5 Å². The zero-order valence-electron chi connectivity index (χ0n) is 21.7. The van der Waals surface area contributed by atoms with E-state index >= 15 is 0 Å². The number of aliphatic hydroxyl groups is 1. The van der Waals surface area contributed by atoms with Crippen molar-refractivity contribution < 1.29 is 33.7 Å². The molecule has 3 aromatic rings. The Labute approximate surface area is 220 Å². The number of esters is 1. The largest absolute Gasteiger partial charge is 0.507 e. The van der Waals surface area contributed by atoms with Gasteiger partial charge in [-0.05, 0) is 48.0 Å². The second-order valence-corrected chi connectivity index (χ2v) is 8.76. The fourth-order valence-corrected chi connectivity index (χ4v) is 4.41. The second-order valence-electron chi connectivity index (χ2n) is 8.76. The molecule has 1 atom stereocenters. The van der Waals surface area contributed by atoms with Crippen molar-refractivity contribution in [2.24, 2.45) is 0 Å². The van der Waals surface area contributed by atoms with Crippen LogP contribution in [0.2, 0.25) is 0 Å². The molecule has 9 nitrogen and oxygen atoms in total. The first-order valence-corrected chi connectivity index (χ1v) is 11.7. The Kier molecular flexibility index (Phi) is 7.38. The van der Waals surface area contributed by atoms with E-state index in [1.165, 1.54) is 32.3 Å². The molecule has 0 radical (unpaired) electrons. The molecule has 0 aromatic heterocycles. The average Bonchev–Trinajstić information content (AvgIpc) is 3.21. The summed E-state index contributed by atoms with van der Waals surface area (Å²) in [5, 5.41) is 11.5. The van der Waals surface area contributed by atoms with E-state index in [4.69, 9.17) is 14.2 Å². The second kappa shape index (κ2) is 10.7.